The molecule has 0 bridgehead atoms. The van der Waals surface area contributed by atoms with Crippen LogP contribution in [-0.2, 0) is 0 Å². The third-order valence-corrected chi connectivity index (χ3v) is 1.84. The van der Waals surface area contributed by atoms with Crippen molar-refractivity contribution >= 4 is 0 Å². The molecule has 11 heavy (non-hydrogen) atoms. The second-order valence-electron chi connectivity index (χ2n) is 3.81. The van der Waals surface area contributed by atoms with E-state index in [-0.39, 0.29) is 0 Å². The molecular weight excluding hydrogens is 134 g/mol. The Morgan fingerprint density at radius 1 is 1.45 bits per heavy atom. The molecule has 0 aromatic heterocycles. The Kier molecular flexibility index (Phi) is 5.22. The van der Waals surface area contributed by atoms with E-state index < -0.39 is 0 Å². The van der Waals surface area contributed by atoms with Gasteiger partial charge < -0.3 is 5.73 Å². The van der Waals surface area contributed by atoms with E-state index in [9.17, 15) is 0 Å². The van der Waals surface area contributed by atoms with Crippen molar-refractivity contribution in [2.24, 2.45) is 11.7 Å². The monoisotopic (exact) mass is 155 g/mol. The molecule has 0 aliphatic carbocycles. The molecule has 0 heterocycles. The summed E-state index contributed by atoms with van der Waals surface area (Å²) in [6, 6.07) is 0.343. The maximum atomic E-state index is 5.68. The summed E-state index contributed by atoms with van der Waals surface area (Å²) in [5.74, 6) is 0.742. The molecule has 2 atom stereocenters. The summed E-state index contributed by atoms with van der Waals surface area (Å²) < 4.78 is 0. The first-order chi connectivity index (χ1) is 5.02. The molecule has 0 rings (SSSR count). The highest BCUT2D eigenvalue weighted by Crippen LogP contribution is 2.14. The summed E-state index contributed by atoms with van der Waals surface area (Å²) >= 11 is 0. The van der Waals surface area contributed by atoms with Crippen LogP contribution >= 0.6 is 0 Å². The average molecular weight is 155 g/mol. The van der Waals surface area contributed by atoms with Crippen molar-refractivity contribution in [3.05, 3.63) is 12.2 Å². The Balaban J connectivity index is 3.37. The highest BCUT2D eigenvalue weighted by molar-refractivity contribution is 4.87. The van der Waals surface area contributed by atoms with Crippen LogP contribution in [0.5, 0.6) is 0 Å². The molecule has 0 aromatic rings. The summed E-state index contributed by atoms with van der Waals surface area (Å²) in [6.45, 7) is 10.3. The number of rotatable bonds is 5. The zero-order valence-electron chi connectivity index (χ0n) is 8.06. The molecule has 0 saturated carbocycles. The lowest BCUT2D eigenvalue weighted by Gasteiger charge is -2.13. The minimum atomic E-state index is 0.343. The fourth-order valence-electron chi connectivity index (χ4n) is 1.25. The van der Waals surface area contributed by atoms with Gasteiger partial charge in [-0.3, -0.25) is 0 Å². The van der Waals surface area contributed by atoms with Gasteiger partial charge in [0.2, 0.25) is 0 Å². The largest absolute Gasteiger partial charge is 0.328 e. The minimum Gasteiger partial charge on any atom is -0.328 e. The van der Waals surface area contributed by atoms with Crippen LogP contribution in [0.25, 0.3) is 0 Å². The van der Waals surface area contributed by atoms with Crippen LogP contribution in [0.3, 0.4) is 0 Å². The predicted octanol–water partition coefficient (Wildman–Crippen LogP) is 2.72. The van der Waals surface area contributed by atoms with Gasteiger partial charge in [0.15, 0.2) is 0 Å². The van der Waals surface area contributed by atoms with E-state index in [4.69, 9.17) is 5.73 Å². The molecule has 0 radical (unpaired) electrons. The SMILES string of the molecule is C=C(C)CCC(C)CC(C)N. The fraction of sp³-hybridized carbons (Fsp3) is 0.800. The van der Waals surface area contributed by atoms with Gasteiger partial charge in [0.25, 0.3) is 0 Å². The number of hydrogen-bond acceptors (Lipinski definition) is 1. The first kappa shape index (κ1) is 10.7. The van der Waals surface area contributed by atoms with Gasteiger partial charge in [-0.15, -0.1) is 6.58 Å². The maximum Gasteiger partial charge on any atom is 0.00130 e. The number of allylic oxidation sites excluding steroid dienone is 1. The van der Waals surface area contributed by atoms with Crippen LogP contribution in [0, 0.1) is 5.92 Å². The van der Waals surface area contributed by atoms with Crippen LogP contribution in [0.2, 0.25) is 0 Å². The molecule has 0 aliphatic heterocycles. The van der Waals surface area contributed by atoms with Crippen molar-refractivity contribution in [1.82, 2.24) is 0 Å². The van der Waals surface area contributed by atoms with Gasteiger partial charge in [0.05, 0.1) is 0 Å². The van der Waals surface area contributed by atoms with E-state index in [2.05, 4.69) is 27.4 Å². The van der Waals surface area contributed by atoms with Crippen LogP contribution in [0.4, 0.5) is 0 Å². The highest BCUT2D eigenvalue weighted by Gasteiger charge is 2.04. The first-order valence-electron chi connectivity index (χ1n) is 4.42. The van der Waals surface area contributed by atoms with Crippen molar-refractivity contribution in [2.45, 2.75) is 46.1 Å². The molecular formula is C10H21N. The lowest BCUT2D eigenvalue weighted by atomic mass is 9.96. The number of hydrogen-bond donors (Lipinski definition) is 1. The Morgan fingerprint density at radius 3 is 2.36 bits per heavy atom. The van der Waals surface area contributed by atoms with Crippen LogP contribution in [0.15, 0.2) is 12.2 Å². The minimum absolute atomic E-state index is 0.343. The second-order valence-corrected chi connectivity index (χ2v) is 3.81. The van der Waals surface area contributed by atoms with Gasteiger partial charge in [0, 0.05) is 6.04 Å². The van der Waals surface area contributed by atoms with Crippen molar-refractivity contribution in [3.8, 4) is 0 Å². The summed E-state index contributed by atoms with van der Waals surface area (Å²) in [7, 11) is 0. The Bertz CT molecular complexity index is 116. The normalized spacial score (nSPS) is 16.0. The quantitative estimate of drug-likeness (QED) is 0.607. The van der Waals surface area contributed by atoms with Crippen molar-refractivity contribution in [2.75, 3.05) is 0 Å². The Morgan fingerprint density at radius 2 is 2.00 bits per heavy atom. The summed E-state index contributed by atoms with van der Waals surface area (Å²) in [5.41, 5.74) is 6.96. The maximum absolute atomic E-state index is 5.68. The molecule has 0 spiro atoms. The molecule has 0 fully saturated rings. The molecule has 0 aromatic carbocycles. The number of nitrogens with two attached hydrogens (primary N) is 1. The molecule has 2 unspecified atom stereocenters. The van der Waals surface area contributed by atoms with Crippen LogP contribution in [0.1, 0.15) is 40.0 Å². The zero-order valence-corrected chi connectivity index (χ0v) is 8.06. The van der Waals surface area contributed by atoms with E-state index in [0.717, 1.165) is 18.8 Å². The first-order valence-corrected chi connectivity index (χ1v) is 4.42. The molecule has 1 heteroatoms. The summed E-state index contributed by atoms with van der Waals surface area (Å²) in [6.07, 6.45) is 3.51. The smallest absolute Gasteiger partial charge is 0.00130 e. The van der Waals surface area contributed by atoms with E-state index >= 15 is 0 Å². The van der Waals surface area contributed by atoms with Gasteiger partial charge >= 0.3 is 0 Å². The lowest BCUT2D eigenvalue weighted by molar-refractivity contribution is 0.452. The van der Waals surface area contributed by atoms with Crippen LogP contribution < -0.4 is 5.73 Å². The van der Waals surface area contributed by atoms with Crippen molar-refractivity contribution < 1.29 is 0 Å². The lowest BCUT2D eigenvalue weighted by Crippen LogP contribution is -2.18. The Labute approximate surface area is 70.7 Å². The van der Waals surface area contributed by atoms with Gasteiger partial charge in [-0.1, -0.05) is 12.5 Å². The molecule has 2 N–H and O–H groups in total. The topological polar surface area (TPSA) is 26.0 Å². The Hall–Kier alpha value is -0.300. The molecule has 1 nitrogen and oxygen atoms in total. The highest BCUT2D eigenvalue weighted by atomic mass is 14.6. The molecule has 0 amide bonds. The average Bonchev–Trinajstić information content (AvgIpc) is 1.82. The predicted molar refractivity (Wildman–Crippen MR) is 51.5 cm³/mol. The van der Waals surface area contributed by atoms with E-state index in [1.807, 2.05) is 0 Å². The van der Waals surface area contributed by atoms with E-state index in [0.29, 0.717) is 6.04 Å². The fourth-order valence-corrected chi connectivity index (χ4v) is 1.25. The third kappa shape index (κ3) is 7.60. The molecule has 66 valence electrons. The van der Waals surface area contributed by atoms with Crippen molar-refractivity contribution in [1.29, 1.82) is 0 Å². The van der Waals surface area contributed by atoms with Gasteiger partial charge in [-0.05, 0) is 39.0 Å². The van der Waals surface area contributed by atoms with Gasteiger partial charge in [-0.2, -0.15) is 0 Å². The zero-order chi connectivity index (χ0) is 8.85. The van der Waals surface area contributed by atoms with Gasteiger partial charge in [0.1, 0.15) is 0 Å². The molecule has 0 saturated heterocycles. The standard InChI is InChI=1S/C10H21N/c1-8(2)5-6-9(3)7-10(4)11/h9-10H,1,5-7,11H2,2-4H3. The third-order valence-electron chi connectivity index (χ3n) is 1.84. The van der Waals surface area contributed by atoms with E-state index in [1.165, 1.54) is 12.0 Å². The second kappa shape index (κ2) is 5.36. The summed E-state index contributed by atoms with van der Waals surface area (Å²) in [4.78, 5) is 0. The molecule has 0 aliphatic rings. The van der Waals surface area contributed by atoms with Crippen LogP contribution in [-0.4, -0.2) is 6.04 Å². The van der Waals surface area contributed by atoms with E-state index in [1.54, 1.807) is 0 Å². The van der Waals surface area contributed by atoms with Crippen molar-refractivity contribution in [3.63, 3.8) is 0 Å². The summed E-state index contributed by atoms with van der Waals surface area (Å²) in [5, 5.41) is 0. The van der Waals surface area contributed by atoms with Gasteiger partial charge in [-0.25, -0.2) is 0 Å².